The van der Waals surface area contributed by atoms with Crippen molar-refractivity contribution in [3.63, 3.8) is 0 Å². The van der Waals surface area contributed by atoms with Gasteiger partial charge in [-0.3, -0.25) is 0 Å². The third-order valence-corrected chi connectivity index (χ3v) is 9.77. The van der Waals surface area contributed by atoms with Crippen LogP contribution in [0.1, 0.15) is 73.9 Å². The van der Waals surface area contributed by atoms with E-state index in [1.165, 1.54) is 24.8 Å². The molecule has 0 radical (unpaired) electrons. The molecule has 1 fully saturated rings. The first-order valence-corrected chi connectivity index (χ1v) is 15.0. The molecule has 0 aliphatic heterocycles. The van der Waals surface area contributed by atoms with Gasteiger partial charge in [-0.2, -0.15) is 5.10 Å². The van der Waals surface area contributed by atoms with Gasteiger partial charge < -0.3 is 4.74 Å². The van der Waals surface area contributed by atoms with Crippen LogP contribution in [-0.4, -0.2) is 35.4 Å². The predicted molar refractivity (Wildman–Crippen MR) is 148 cm³/mol. The average molecular weight is 518 g/mol. The number of ether oxygens (including phenoxy) is 1. The van der Waals surface area contributed by atoms with Crippen molar-refractivity contribution < 1.29 is 13.2 Å². The molecule has 2 aromatic heterocycles. The Hall–Kier alpha value is -3.19. The summed E-state index contributed by atoms with van der Waals surface area (Å²) in [7, 11) is -3.25. The van der Waals surface area contributed by atoms with Crippen LogP contribution in [0.15, 0.2) is 67.0 Å². The fraction of sp³-hybridized carbons (Fsp3) is 0.400. The van der Waals surface area contributed by atoms with Gasteiger partial charge in [0.05, 0.1) is 23.7 Å². The maximum absolute atomic E-state index is 12.6. The molecule has 1 aliphatic rings. The van der Waals surface area contributed by atoms with Crippen LogP contribution in [0.2, 0.25) is 0 Å². The molecule has 194 valence electrons. The second-order valence-electron chi connectivity index (χ2n) is 9.93. The molecule has 0 N–H and O–H groups in total. The molecule has 1 unspecified atom stereocenters. The molecule has 2 aromatic carbocycles. The third kappa shape index (κ3) is 5.42. The van der Waals surface area contributed by atoms with Crippen LogP contribution in [0.3, 0.4) is 0 Å². The summed E-state index contributed by atoms with van der Waals surface area (Å²) in [6.45, 7) is 4.05. The number of benzene rings is 2. The lowest BCUT2D eigenvalue weighted by Gasteiger charge is -2.25. The molecule has 0 amide bonds. The number of hydrogen-bond donors (Lipinski definition) is 0. The lowest BCUT2D eigenvalue weighted by molar-refractivity contribution is 0.322. The zero-order chi connectivity index (χ0) is 25.8. The first kappa shape index (κ1) is 25.5. The summed E-state index contributed by atoms with van der Waals surface area (Å²) in [5.74, 6) is 1.30. The zero-order valence-corrected chi connectivity index (χ0v) is 22.5. The summed E-state index contributed by atoms with van der Waals surface area (Å²) in [4.78, 5) is 4.75. The maximum atomic E-state index is 12.6. The quantitative estimate of drug-likeness (QED) is 0.251. The summed E-state index contributed by atoms with van der Waals surface area (Å²) in [5.41, 5.74) is 5.83. The number of hydrogen-bond acceptors (Lipinski definition) is 5. The van der Waals surface area contributed by atoms with Crippen LogP contribution in [-0.2, 0) is 16.3 Å². The Morgan fingerprint density at radius 2 is 1.73 bits per heavy atom. The van der Waals surface area contributed by atoms with Gasteiger partial charge in [0.25, 0.3) is 0 Å². The molecule has 7 heteroatoms. The molecule has 1 aliphatic carbocycles. The van der Waals surface area contributed by atoms with Crippen LogP contribution in [0.4, 0.5) is 0 Å². The summed E-state index contributed by atoms with van der Waals surface area (Å²) in [5, 5.41) is 4.06. The molecule has 0 bridgehead atoms. The van der Waals surface area contributed by atoms with Crippen molar-refractivity contribution in [1.82, 2.24) is 14.6 Å². The van der Waals surface area contributed by atoms with Gasteiger partial charge in [-0.05, 0) is 43.0 Å². The van der Waals surface area contributed by atoms with Crippen molar-refractivity contribution in [3.05, 3.63) is 83.8 Å². The molecule has 1 atom stereocenters. The highest BCUT2D eigenvalue weighted by molar-refractivity contribution is 7.91. The largest absolute Gasteiger partial charge is 0.493 e. The highest BCUT2D eigenvalue weighted by Gasteiger charge is 2.28. The number of fused-ring (bicyclic) bond motifs is 1. The molecule has 6 nitrogen and oxygen atoms in total. The van der Waals surface area contributed by atoms with E-state index in [2.05, 4.69) is 24.3 Å². The van der Waals surface area contributed by atoms with E-state index < -0.39 is 15.1 Å². The first-order valence-electron chi connectivity index (χ1n) is 13.3. The third-order valence-electron chi connectivity index (χ3n) is 7.63. The number of nitrogens with zero attached hydrogens (tertiary/aromatic N) is 3. The normalized spacial score (nSPS) is 15.6. The van der Waals surface area contributed by atoms with E-state index in [4.69, 9.17) is 14.8 Å². The van der Waals surface area contributed by atoms with E-state index in [0.717, 1.165) is 41.8 Å². The van der Waals surface area contributed by atoms with Gasteiger partial charge in [-0.1, -0.05) is 68.7 Å². The number of sulfone groups is 1. The van der Waals surface area contributed by atoms with Gasteiger partial charge in [0.2, 0.25) is 0 Å². The molecule has 1 saturated carbocycles. The Morgan fingerprint density at radius 3 is 2.43 bits per heavy atom. The Bertz CT molecular complexity index is 1440. The number of rotatable bonds is 9. The Morgan fingerprint density at radius 1 is 1.00 bits per heavy atom. The van der Waals surface area contributed by atoms with Crippen molar-refractivity contribution in [2.24, 2.45) is 0 Å². The lowest BCUT2D eigenvalue weighted by Crippen LogP contribution is -2.14. The van der Waals surface area contributed by atoms with Gasteiger partial charge in [-0.15, -0.1) is 0 Å². The van der Waals surface area contributed by atoms with Gasteiger partial charge in [0.15, 0.2) is 15.5 Å². The predicted octanol–water partition coefficient (Wildman–Crippen LogP) is 6.56. The molecule has 5 rings (SSSR count). The molecule has 37 heavy (non-hydrogen) atoms. The van der Waals surface area contributed by atoms with Crippen LogP contribution < -0.4 is 4.74 Å². The summed E-state index contributed by atoms with van der Waals surface area (Å²) in [6, 6.07) is 18.5. The maximum Gasteiger partial charge on any atom is 0.159 e. The Labute approximate surface area is 219 Å². The van der Waals surface area contributed by atoms with Gasteiger partial charge in [0.1, 0.15) is 5.75 Å². The van der Waals surface area contributed by atoms with Crippen molar-refractivity contribution >= 4 is 15.5 Å². The minimum atomic E-state index is -3.25. The molecule has 4 aromatic rings. The highest BCUT2D eigenvalue weighted by Crippen LogP contribution is 2.39. The van der Waals surface area contributed by atoms with E-state index in [1.54, 1.807) is 20.0 Å². The Balaban J connectivity index is 1.46. The summed E-state index contributed by atoms with van der Waals surface area (Å²) in [6.07, 6.45) is 10.3. The lowest BCUT2D eigenvalue weighted by atomic mass is 9.84. The Kier molecular flexibility index (Phi) is 7.60. The van der Waals surface area contributed by atoms with E-state index in [0.29, 0.717) is 23.7 Å². The SMILES string of the molecule is CCS(=O)(=O)C(C)c1cnn2c(C3CCCCC3)c(-c3ccc(OCCc4ccccc4)cc3)cnc12. The van der Waals surface area contributed by atoms with E-state index in [1.807, 2.05) is 41.0 Å². The van der Waals surface area contributed by atoms with Crippen LogP contribution in [0.5, 0.6) is 5.75 Å². The average Bonchev–Trinajstić information content (AvgIpc) is 3.37. The second kappa shape index (κ2) is 11.1. The first-order chi connectivity index (χ1) is 18.0. The summed E-state index contributed by atoms with van der Waals surface area (Å²) >= 11 is 0. The smallest absolute Gasteiger partial charge is 0.159 e. The van der Waals surface area contributed by atoms with E-state index >= 15 is 0 Å². The summed E-state index contributed by atoms with van der Waals surface area (Å²) < 4.78 is 33.2. The van der Waals surface area contributed by atoms with Crippen LogP contribution in [0.25, 0.3) is 16.8 Å². The van der Waals surface area contributed by atoms with Gasteiger partial charge in [0, 0.05) is 35.4 Å². The van der Waals surface area contributed by atoms with Crippen molar-refractivity contribution in [3.8, 4) is 16.9 Å². The number of aromatic nitrogens is 3. The van der Waals surface area contributed by atoms with Crippen molar-refractivity contribution in [2.75, 3.05) is 12.4 Å². The van der Waals surface area contributed by atoms with Crippen molar-refractivity contribution in [2.45, 2.75) is 63.5 Å². The zero-order valence-electron chi connectivity index (χ0n) is 21.6. The molecular weight excluding hydrogens is 482 g/mol. The highest BCUT2D eigenvalue weighted by atomic mass is 32.2. The monoisotopic (exact) mass is 517 g/mol. The van der Waals surface area contributed by atoms with Crippen LogP contribution >= 0.6 is 0 Å². The molecular formula is C30H35N3O3S. The van der Waals surface area contributed by atoms with Gasteiger partial charge in [-0.25, -0.2) is 17.9 Å². The van der Waals surface area contributed by atoms with E-state index in [9.17, 15) is 8.42 Å². The van der Waals surface area contributed by atoms with Crippen molar-refractivity contribution in [1.29, 1.82) is 0 Å². The minimum Gasteiger partial charge on any atom is -0.493 e. The topological polar surface area (TPSA) is 73.6 Å². The standard InChI is InChI=1S/C30H35N3O3S/c1-3-37(34,35)22(2)27-21-32-33-29(25-12-8-5-9-13-25)28(20-31-30(27)33)24-14-16-26(17-15-24)36-19-18-23-10-6-4-7-11-23/h4,6-7,10-11,14-17,20-22,25H,3,5,8-9,12-13,18-19H2,1-2H3. The van der Waals surface area contributed by atoms with Crippen LogP contribution in [0, 0.1) is 0 Å². The fourth-order valence-electron chi connectivity index (χ4n) is 5.35. The second-order valence-corrected chi connectivity index (χ2v) is 12.5. The molecule has 0 spiro atoms. The van der Waals surface area contributed by atoms with E-state index in [-0.39, 0.29) is 5.75 Å². The molecule has 0 saturated heterocycles. The van der Waals surface area contributed by atoms with Gasteiger partial charge >= 0.3 is 0 Å². The minimum absolute atomic E-state index is 0.0961. The molecule has 2 heterocycles. The fourth-order valence-corrected chi connectivity index (χ4v) is 6.40.